The van der Waals surface area contributed by atoms with Crippen LogP contribution in [0.5, 0.6) is 5.75 Å². The van der Waals surface area contributed by atoms with Crippen LogP contribution in [0.2, 0.25) is 0 Å². The standard InChI is InChI=1S/C53H47NO6/c1-37-26-28-38(29-27-37)50(39-30-32-43(57-2)33-31-39)60-51(55)49(54-52(56)58-36-48-46-24-14-12-22-44(46)45-23-13-15-25-47(45)48)34-35-59-53(40-16-6-3-7-17-40,41-18-8-4-9-19-41)42-20-10-5-11-21-42/h3-33,48-50H,34-36H2,1-2H3,(H,54,56)/t49-,50?/m0/s1. The minimum Gasteiger partial charge on any atom is -0.497 e. The van der Waals surface area contributed by atoms with Gasteiger partial charge in [0.15, 0.2) is 6.10 Å². The zero-order valence-corrected chi connectivity index (χ0v) is 33.7. The van der Waals surface area contributed by atoms with Crippen molar-refractivity contribution in [3.05, 3.63) is 233 Å². The summed E-state index contributed by atoms with van der Waals surface area (Å²) in [6, 6.07) is 60.6. The van der Waals surface area contributed by atoms with E-state index in [1.807, 2.05) is 171 Å². The van der Waals surface area contributed by atoms with Crippen molar-refractivity contribution in [3.63, 3.8) is 0 Å². The molecule has 0 saturated carbocycles. The fourth-order valence-electron chi connectivity index (χ4n) is 8.18. The summed E-state index contributed by atoms with van der Waals surface area (Å²) in [6.45, 7) is 2.17. The van der Waals surface area contributed by atoms with Crippen LogP contribution in [0.25, 0.3) is 11.1 Å². The van der Waals surface area contributed by atoms with E-state index in [1.165, 1.54) is 0 Å². The van der Waals surface area contributed by atoms with Crippen LogP contribution in [-0.2, 0) is 24.6 Å². The molecule has 1 aliphatic carbocycles. The number of alkyl carbamates (subject to hydrolysis) is 1. The van der Waals surface area contributed by atoms with Crippen LogP contribution >= 0.6 is 0 Å². The predicted molar refractivity (Wildman–Crippen MR) is 234 cm³/mol. The average molecular weight is 794 g/mol. The molecule has 7 aromatic rings. The van der Waals surface area contributed by atoms with Crippen molar-refractivity contribution in [1.82, 2.24) is 5.32 Å². The Hall–Kier alpha value is -6.96. The molecule has 0 aliphatic heterocycles. The molecule has 1 aliphatic rings. The van der Waals surface area contributed by atoms with Gasteiger partial charge in [0, 0.05) is 12.3 Å². The number of fused-ring (bicyclic) bond motifs is 3. The third-order valence-electron chi connectivity index (χ3n) is 11.2. The Kier molecular flexibility index (Phi) is 12.2. The van der Waals surface area contributed by atoms with Crippen LogP contribution in [0.15, 0.2) is 188 Å². The van der Waals surface area contributed by atoms with Gasteiger partial charge in [0.1, 0.15) is 24.0 Å². The van der Waals surface area contributed by atoms with Gasteiger partial charge < -0.3 is 24.3 Å². The molecule has 0 bridgehead atoms. The summed E-state index contributed by atoms with van der Waals surface area (Å²) in [4.78, 5) is 28.5. The SMILES string of the molecule is COc1ccc(C(OC(=O)[C@H](CCOC(c2ccccc2)(c2ccccc2)c2ccccc2)NC(=O)OCC2c3ccccc3-c3ccccc32)c2ccc(C)cc2)cc1. The zero-order chi connectivity index (χ0) is 41.3. The average Bonchev–Trinajstić information content (AvgIpc) is 3.63. The first kappa shape index (κ1) is 39.8. The van der Waals surface area contributed by atoms with E-state index < -0.39 is 29.8 Å². The molecule has 0 fully saturated rings. The second-order valence-electron chi connectivity index (χ2n) is 14.9. The van der Waals surface area contributed by atoms with Crippen molar-refractivity contribution in [3.8, 4) is 16.9 Å². The normalized spacial score (nSPS) is 13.0. The summed E-state index contributed by atoms with van der Waals surface area (Å²) in [5, 5.41) is 2.89. The van der Waals surface area contributed by atoms with Crippen LogP contribution in [0.3, 0.4) is 0 Å². The Labute approximate surface area is 351 Å². The minimum absolute atomic E-state index is 0.0693. The second kappa shape index (κ2) is 18.3. The van der Waals surface area contributed by atoms with Gasteiger partial charge in [-0.1, -0.05) is 181 Å². The molecule has 0 aromatic heterocycles. The number of hydrogen-bond acceptors (Lipinski definition) is 6. The zero-order valence-electron chi connectivity index (χ0n) is 33.7. The van der Waals surface area contributed by atoms with Crippen molar-refractivity contribution in [2.75, 3.05) is 20.3 Å². The first-order valence-corrected chi connectivity index (χ1v) is 20.3. The number of rotatable bonds is 15. The van der Waals surface area contributed by atoms with Crippen molar-refractivity contribution in [2.45, 2.75) is 37.0 Å². The molecule has 0 spiro atoms. The largest absolute Gasteiger partial charge is 0.497 e. The van der Waals surface area contributed by atoms with E-state index in [0.717, 1.165) is 55.6 Å². The maximum absolute atomic E-state index is 14.6. The first-order chi connectivity index (χ1) is 29.4. The number of carbonyl (C=O) groups is 2. The lowest BCUT2D eigenvalue weighted by Gasteiger charge is -2.36. The van der Waals surface area contributed by atoms with Crippen LogP contribution < -0.4 is 10.1 Å². The van der Waals surface area contributed by atoms with E-state index in [4.69, 9.17) is 18.9 Å². The molecule has 7 heteroatoms. The lowest BCUT2D eigenvalue weighted by molar-refractivity contribution is -0.150. The number of methoxy groups -OCH3 is 1. The highest BCUT2D eigenvalue weighted by Gasteiger charge is 2.38. The maximum Gasteiger partial charge on any atom is 0.407 e. The number of amides is 1. The van der Waals surface area contributed by atoms with Gasteiger partial charge >= 0.3 is 12.1 Å². The van der Waals surface area contributed by atoms with Crippen LogP contribution in [0.1, 0.15) is 63.0 Å². The number of esters is 1. The van der Waals surface area contributed by atoms with Gasteiger partial charge in [0.05, 0.1) is 13.7 Å². The molecular weight excluding hydrogens is 747 g/mol. The third-order valence-corrected chi connectivity index (χ3v) is 11.2. The van der Waals surface area contributed by atoms with Crippen LogP contribution in [-0.4, -0.2) is 38.4 Å². The van der Waals surface area contributed by atoms with E-state index in [2.05, 4.69) is 29.6 Å². The van der Waals surface area contributed by atoms with Crippen LogP contribution in [0, 0.1) is 6.92 Å². The van der Waals surface area contributed by atoms with E-state index >= 15 is 0 Å². The highest BCUT2D eigenvalue weighted by atomic mass is 16.6. The molecule has 300 valence electrons. The number of aryl methyl sites for hydroxylation is 1. The molecule has 7 nitrogen and oxygen atoms in total. The summed E-state index contributed by atoms with van der Waals surface area (Å²) < 4.78 is 24.9. The molecule has 0 heterocycles. The smallest absolute Gasteiger partial charge is 0.407 e. The molecule has 2 atom stereocenters. The summed E-state index contributed by atoms with van der Waals surface area (Å²) >= 11 is 0. The predicted octanol–water partition coefficient (Wildman–Crippen LogP) is 10.9. The monoisotopic (exact) mass is 793 g/mol. The summed E-state index contributed by atoms with van der Waals surface area (Å²) in [5.74, 6) is -0.0993. The van der Waals surface area contributed by atoms with Gasteiger partial charge in [-0.25, -0.2) is 9.59 Å². The second-order valence-corrected chi connectivity index (χ2v) is 14.9. The number of benzene rings is 7. The quantitative estimate of drug-likeness (QED) is 0.0822. The van der Waals surface area contributed by atoms with E-state index in [9.17, 15) is 9.59 Å². The molecule has 0 radical (unpaired) electrons. The van der Waals surface area contributed by atoms with E-state index in [0.29, 0.717) is 5.75 Å². The van der Waals surface area contributed by atoms with Crippen LogP contribution in [0.4, 0.5) is 4.79 Å². The summed E-state index contributed by atoms with van der Waals surface area (Å²) in [7, 11) is 1.61. The van der Waals surface area contributed by atoms with Crippen molar-refractivity contribution in [2.24, 2.45) is 0 Å². The lowest BCUT2D eigenvalue weighted by atomic mass is 9.80. The Balaban J connectivity index is 1.09. The molecule has 8 rings (SSSR count). The molecule has 60 heavy (non-hydrogen) atoms. The lowest BCUT2D eigenvalue weighted by Crippen LogP contribution is -2.44. The van der Waals surface area contributed by atoms with Gasteiger partial charge in [0.25, 0.3) is 0 Å². The molecule has 1 unspecified atom stereocenters. The van der Waals surface area contributed by atoms with Gasteiger partial charge in [-0.05, 0) is 69.1 Å². The molecule has 0 saturated heterocycles. The van der Waals surface area contributed by atoms with E-state index in [-0.39, 0.29) is 25.6 Å². The number of ether oxygens (including phenoxy) is 4. The molecule has 1 amide bonds. The maximum atomic E-state index is 14.6. The number of carbonyl (C=O) groups excluding carboxylic acids is 2. The molecule has 7 aromatic carbocycles. The highest BCUT2D eigenvalue weighted by Crippen LogP contribution is 2.45. The number of hydrogen-bond donors (Lipinski definition) is 1. The third kappa shape index (κ3) is 8.44. The fraction of sp³-hybridized carbons (Fsp3) is 0.170. The summed E-state index contributed by atoms with van der Waals surface area (Å²) in [6.07, 6.45) is -1.41. The Morgan fingerprint density at radius 3 is 1.57 bits per heavy atom. The van der Waals surface area contributed by atoms with Gasteiger partial charge in [-0.3, -0.25) is 0 Å². The van der Waals surface area contributed by atoms with Gasteiger partial charge in [-0.15, -0.1) is 0 Å². The Morgan fingerprint density at radius 1 is 0.600 bits per heavy atom. The summed E-state index contributed by atoms with van der Waals surface area (Å²) in [5.41, 5.74) is 8.78. The van der Waals surface area contributed by atoms with Crippen molar-refractivity contribution < 1.29 is 28.5 Å². The first-order valence-electron chi connectivity index (χ1n) is 20.3. The van der Waals surface area contributed by atoms with Crippen molar-refractivity contribution in [1.29, 1.82) is 0 Å². The molecular formula is C53H47NO6. The van der Waals surface area contributed by atoms with Crippen molar-refractivity contribution >= 4 is 12.1 Å². The van der Waals surface area contributed by atoms with E-state index in [1.54, 1.807) is 7.11 Å². The molecule has 1 N–H and O–H groups in total. The number of nitrogens with one attached hydrogen (secondary N) is 1. The van der Waals surface area contributed by atoms with Gasteiger partial charge in [0.2, 0.25) is 0 Å². The highest BCUT2D eigenvalue weighted by molar-refractivity contribution is 5.82. The Morgan fingerprint density at radius 2 is 1.07 bits per heavy atom. The van der Waals surface area contributed by atoms with Gasteiger partial charge in [-0.2, -0.15) is 0 Å². The minimum atomic E-state index is -1.13. The Bertz CT molecular complexity index is 2360. The topological polar surface area (TPSA) is 83.1 Å². The fourth-order valence-corrected chi connectivity index (χ4v) is 8.18.